The van der Waals surface area contributed by atoms with Crippen LogP contribution in [0.3, 0.4) is 0 Å². The van der Waals surface area contributed by atoms with Gasteiger partial charge in [0.2, 0.25) is 5.91 Å². The second-order valence-corrected chi connectivity index (χ2v) is 8.62. The Morgan fingerprint density at radius 3 is 2.50 bits per heavy atom. The summed E-state index contributed by atoms with van der Waals surface area (Å²) in [4.78, 5) is 17.1. The third kappa shape index (κ3) is 4.20. The molecule has 4 rings (SSSR count). The zero-order chi connectivity index (χ0) is 21.1. The van der Waals surface area contributed by atoms with E-state index in [1.807, 2.05) is 53.8 Å². The molecule has 0 radical (unpaired) electrons. The van der Waals surface area contributed by atoms with Gasteiger partial charge in [0.1, 0.15) is 10.5 Å². The summed E-state index contributed by atoms with van der Waals surface area (Å²) in [6.07, 6.45) is 1.15. The van der Waals surface area contributed by atoms with Crippen LogP contribution in [0, 0.1) is 13.8 Å². The zero-order valence-corrected chi connectivity index (χ0v) is 18.7. The van der Waals surface area contributed by atoms with Crippen molar-refractivity contribution in [2.75, 3.05) is 38.5 Å². The molecule has 0 atom stereocenters. The number of aryl methyl sites for hydroxylation is 2. The predicted octanol–water partition coefficient (Wildman–Crippen LogP) is 3.08. The van der Waals surface area contributed by atoms with E-state index in [0.29, 0.717) is 10.8 Å². The van der Waals surface area contributed by atoms with Gasteiger partial charge in [-0.05, 0) is 38.9 Å². The van der Waals surface area contributed by atoms with E-state index in [0.717, 1.165) is 67.1 Å². The van der Waals surface area contributed by atoms with Crippen molar-refractivity contribution in [3.8, 4) is 5.69 Å². The van der Waals surface area contributed by atoms with Gasteiger partial charge in [0.05, 0.1) is 22.8 Å². The first-order valence-corrected chi connectivity index (χ1v) is 11.5. The first kappa shape index (κ1) is 20.8. The number of amides is 1. The van der Waals surface area contributed by atoms with Gasteiger partial charge < -0.3 is 4.90 Å². The minimum Gasteiger partial charge on any atom is -0.339 e. The molecular formula is C22H28N6OS. The molecule has 1 aliphatic heterocycles. The van der Waals surface area contributed by atoms with Crippen LogP contribution in [0.15, 0.2) is 35.4 Å². The average molecular weight is 425 g/mol. The van der Waals surface area contributed by atoms with Gasteiger partial charge in [-0.15, -0.1) is 5.10 Å². The van der Waals surface area contributed by atoms with Crippen LogP contribution in [0.4, 0.5) is 0 Å². The molecule has 1 saturated heterocycles. The fraction of sp³-hybridized carbons (Fsp3) is 0.455. The Bertz CT molecular complexity index is 1030. The molecule has 7 nitrogen and oxygen atoms in total. The lowest BCUT2D eigenvalue weighted by Gasteiger charge is -2.34. The van der Waals surface area contributed by atoms with Crippen molar-refractivity contribution in [1.82, 2.24) is 29.8 Å². The minimum atomic E-state index is 0.158. The van der Waals surface area contributed by atoms with E-state index in [4.69, 9.17) is 5.10 Å². The van der Waals surface area contributed by atoms with Crippen molar-refractivity contribution >= 4 is 28.6 Å². The van der Waals surface area contributed by atoms with Crippen molar-refractivity contribution in [2.45, 2.75) is 32.2 Å². The maximum Gasteiger partial charge on any atom is 0.233 e. The third-order valence-corrected chi connectivity index (χ3v) is 6.51. The van der Waals surface area contributed by atoms with Gasteiger partial charge in [-0.2, -0.15) is 10.2 Å². The van der Waals surface area contributed by atoms with Crippen LogP contribution >= 0.6 is 11.8 Å². The normalized spacial score (nSPS) is 15.1. The quantitative estimate of drug-likeness (QED) is 0.567. The molecule has 3 aromatic rings. The minimum absolute atomic E-state index is 0.158. The van der Waals surface area contributed by atoms with Crippen molar-refractivity contribution in [1.29, 1.82) is 0 Å². The highest BCUT2D eigenvalue weighted by molar-refractivity contribution is 8.00. The van der Waals surface area contributed by atoms with Crippen LogP contribution in [-0.4, -0.2) is 74.2 Å². The third-order valence-electron chi connectivity index (χ3n) is 5.57. The van der Waals surface area contributed by atoms with Gasteiger partial charge in [-0.1, -0.05) is 36.9 Å². The molecule has 0 bridgehead atoms. The summed E-state index contributed by atoms with van der Waals surface area (Å²) in [6, 6.07) is 10.1. The van der Waals surface area contributed by atoms with E-state index in [-0.39, 0.29) is 5.91 Å². The molecule has 0 spiro atoms. The number of fused-ring (bicyclic) bond motifs is 1. The molecule has 8 heteroatoms. The molecule has 1 fully saturated rings. The molecule has 1 aliphatic rings. The maximum atomic E-state index is 12.7. The number of carbonyl (C=O) groups excluding carboxylic acids is 1. The summed E-state index contributed by atoms with van der Waals surface area (Å²) in [5.74, 6) is 0.517. The lowest BCUT2D eigenvalue weighted by Crippen LogP contribution is -2.49. The van der Waals surface area contributed by atoms with Crippen LogP contribution in [0.2, 0.25) is 0 Å². The molecule has 1 amide bonds. The lowest BCUT2D eigenvalue weighted by atomic mass is 10.2. The Hall–Kier alpha value is -2.45. The van der Waals surface area contributed by atoms with Crippen molar-refractivity contribution < 1.29 is 4.79 Å². The van der Waals surface area contributed by atoms with Crippen LogP contribution in [0.5, 0.6) is 0 Å². The molecule has 0 aliphatic carbocycles. The zero-order valence-electron chi connectivity index (χ0n) is 17.8. The van der Waals surface area contributed by atoms with Gasteiger partial charge in [0.25, 0.3) is 0 Å². The Kier molecular flexibility index (Phi) is 6.34. The molecule has 2 aromatic heterocycles. The Labute approximate surface area is 181 Å². The number of piperazine rings is 1. The number of hydrogen-bond acceptors (Lipinski definition) is 6. The molecular weight excluding hydrogens is 396 g/mol. The van der Waals surface area contributed by atoms with E-state index in [1.165, 1.54) is 11.8 Å². The van der Waals surface area contributed by atoms with Crippen LogP contribution in [-0.2, 0) is 4.79 Å². The van der Waals surface area contributed by atoms with E-state index in [1.54, 1.807) is 0 Å². The number of carbonyl (C=O) groups is 1. The molecule has 158 valence electrons. The number of benzene rings is 1. The smallest absolute Gasteiger partial charge is 0.233 e. The first-order valence-electron chi connectivity index (χ1n) is 10.5. The number of para-hydroxylation sites is 1. The average Bonchev–Trinajstić information content (AvgIpc) is 3.13. The van der Waals surface area contributed by atoms with Gasteiger partial charge in [-0.3, -0.25) is 9.69 Å². The monoisotopic (exact) mass is 424 g/mol. The predicted molar refractivity (Wildman–Crippen MR) is 120 cm³/mol. The van der Waals surface area contributed by atoms with Crippen LogP contribution in [0.1, 0.15) is 24.7 Å². The lowest BCUT2D eigenvalue weighted by molar-refractivity contribution is -0.130. The van der Waals surface area contributed by atoms with Crippen LogP contribution < -0.4 is 0 Å². The number of thioether (sulfide) groups is 1. The topological polar surface area (TPSA) is 67.2 Å². The highest BCUT2D eigenvalue weighted by atomic mass is 32.2. The van der Waals surface area contributed by atoms with Crippen molar-refractivity contribution in [2.24, 2.45) is 0 Å². The van der Waals surface area contributed by atoms with E-state index in [9.17, 15) is 4.79 Å². The SMILES string of the molecule is CCCN1CCN(C(=O)CSc2nnc(C)c3c(C)n(-c4ccccc4)nc23)CC1. The van der Waals surface area contributed by atoms with E-state index >= 15 is 0 Å². The molecule has 0 unspecified atom stereocenters. The fourth-order valence-corrected chi connectivity index (χ4v) is 4.80. The van der Waals surface area contributed by atoms with Gasteiger partial charge in [0.15, 0.2) is 0 Å². The largest absolute Gasteiger partial charge is 0.339 e. The highest BCUT2D eigenvalue weighted by Gasteiger charge is 2.22. The molecule has 0 N–H and O–H groups in total. The van der Waals surface area contributed by atoms with E-state index < -0.39 is 0 Å². The number of aromatic nitrogens is 4. The van der Waals surface area contributed by atoms with Gasteiger partial charge in [0, 0.05) is 31.6 Å². The Morgan fingerprint density at radius 1 is 1.07 bits per heavy atom. The summed E-state index contributed by atoms with van der Waals surface area (Å²) < 4.78 is 1.93. The van der Waals surface area contributed by atoms with Crippen molar-refractivity contribution in [3.63, 3.8) is 0 Å². The standard InChI is InChI=1S/C22H28N6OS/c1-4-10-26-11-13-27(14-12-26)19(29)15-30-22-21-20(16(2)23-24-22)17(3)28(25-21)18-8-6-5-7-9-18/h5-9H,4,10-15H2,1-3H3. The Balaban J connectivity index is 1.51. The summed E-state index contributed by atoms with van der Waals surface area (Å²) in [6.45, 7) is 10.8. The second-order valence-electron chi connectivity index (χ2n) is 7.66. The summed E-state index contributed by atoms with van der Waals surface area (Å²) in [5, 5.41) is 15.3. The van der Waals surface area contributed by atoms with Gasteiger partial charge in [-0.25, -0.2) is 4.68 Å². The second kappa shape index (κ2) is 9.14. The number of hydrogen-bond donors (Lipinski definition) is 0. The summed E-state index contributed by atoms with van der Waals surface area (Å²) in [7, 11) is 0. The summed E-state index contributed by atoms with van der Waals surface area (Å²) >= 11 is 1.43. The first-order chi connectivity index (χ1) is 14.6. The number of nitrogens with zero attached hydrogens (tertiary/aromatic N) is 6. The number of rotatable bonds is 6. The van der Waals surface area contributed by atoms with Crippen molar-refractivity contribution in [3.05, 3.63) is 41.7 Å². The highest BCUT2D eigenvalue weighted by Crippen LogP contribution is 2.30. The van der Waals surface area contributed by atoms with Crippen LogP contribution in [0.25, 0.3) is 16.6 Å². The summed E-state index contributed by atoms with van der Waals surface area (Å²) in [5.41, 5.74) is 3.70. The molecule has 30 heavy (non-hydrogen) atoms. The fourth-order valence-electron chi connectivity index (χ4n) is 3.98. The molecule has 0 saturated carbocycles. The van der Waals surface area contributed by atoms with Gasteiger partial charge >= 0.3 is 0 Å². The molecule has 3 heterocycles. The Morgan fingerprint density at radius 2 is 1.80 bits per heavy atom. The van der Waals surface area contributed by atoms with E-state index in [2.05, 4.69) is 22.0 Å². The maximum absolute atomic E-state index is 12.7. The molecule has 1 aromatic carbocycles.